The molecule has 4 nitrogen and oxygen atoms in total. The molecule has 2 rings (SSSR count). The van der Waals surface area contributed by atoms with Gasteiger partial charge in [0, 0.05) is 10.7 Å². The van der Waals surface area contributed by atoms with Crippen molar-refractivity contribution in [2.75, 3.05) is 11.1 Å². The Morgan fingerprint density at radius 2 is 2.00 bits per heavy atom. The first-order valence-corrected chi connectivity index (χ1v) is 5.74. The molecule has 0 unspecified atom stereocenters. The van der Waals surface area contributed by atoms with Crippen LogP contribution in [-0.2, 0) is 0 Å². The SMILES string of the molecule is Nc1ccccc1NC(=O)c1ncccc1Br. The summed E-state index contributed by atoms with van der Waals surface area (Å²) >= 11 is 3.27. The number of hydrogen-bond acceptors (Lipinski definition) is 3. The van der Waals surface area contributed by atoms with Gasteiger partial charge in [0.15, 0.2) is 0 Å². The van der Waals surface area contributed by atoms with Crippen LogP contribution in [0.15, 0.2) is 47.1 Å². The fraction of sp³-hybridized carbons (Fsp3) is 0. The number of nitrogens with zero attached hydrogens (tertiary/aromatic N) is 1. The number of hydrogen-bond donors (Lipinski definition) is 2. The molecular formula is C12H10BrN3O. The lowest BCUT2D eigenvalue weighted by atomic mass is 10.2. The first-order valence-electron chi connectivity index (χ1n) is 4.95. The van der Waals surface area contributed by atoms with E-state index in [1.54, 1.807) is 36.5 Å². The average Bonchev–Trinajstić information content (AvgIpc) is 2.32. The van der Waals surface area contributed by atoms with E-state index < -0.39 is 0 Å². The van der Waals surface area contributed by atoms with E-state index in [1.165, 1.54) is 0 Å². The number of pyridine rings is 1. The van der Waals surface area contributed by atoms with E-state index in [0.29, 0.717) is 21.5 Å². The number of para-hydroxylation sites is 2. The maximum atomic E-state index is 11.9. The number of carbonyl (C=O) groups excluding carboxylic acids is 1. The fourth-order valence-corrected chi connectivity index (χ4v) is 1.78. The molecule has 1 aromatic carbocycles. The molecule has 17 heavy (non-hydrogen) atoms. The third-order valence-electron chi connectivity index (χ3n) is 2.18. The minimum absolute atomic E-state index is 0.296. The predicted octanol–water partition coefficient (Wildman–Crippen LogP) is 2.68. The van der Waals surface area contributed by atoms with Gasteiger partial charge in [-0.2, -0.15) is 0 Å². The number of aromatic nitrogens is 1. The summed E-state index contributed by atoms with van der Waals surface area (Å²) in [5.41, 5.74) is 7.17. The van der Waals surface area contributed by atoms with Crippen molar-refractivity contribution in [2.24, 2.45) is 0 Å². The van der Waals surface area contributed by atoms with Gasteiger partial charge in [0.2, 0.25) is 0 Å². The van der Waals surface area contributed by atoms with Crippen molar-refractivity contribution in [2.45, 2.75) is 0 Å². The maximum Gasteiger partial charge on any atom is 0.275 e. The molecule has 0 spiro atoms. The Morgan fingerprint density at radius 3 is 2.71 bits per heavy atom. The summed E-state index contributed by atoms with van der Waals surface area (Å²) < 4.78 is 0.645. The van der Waals surface area contributed by atoms with Gasteiger partial charge in [-0.05, 0) is 40.2 Å². The summed E-state index contributed by atoms with van der Waals surface area (Å²) in [7, 11) is 0. The number of anilines is 2. The summed E-state index contributed by atoms with van der Waals surface area (Å²) in [4.78, 5) is 15.9. The monoisotopic (exact) mass is 291 g/mol. The number of amides is 1. The van der Waals surface area contributed by atoms with Crippen LogP contribution in [0.2, 0.25) is 0 Å². The van der Waals surface area contributed by atoms with E-state index in [0.717, 1.165) is 0 Å². The van der Waals surface area contributed by atoms with E-state index >= 15 is 0 Å². The van der Waals surface area contributed by atoms with Gasteiger partial charge < -0.3 is 11.1 Å². The van der Waals surface area contributed by atoms with E-state index in [4.69, 9.17) is 5.73 Å². The molecule has 0 aliphatic rings. The lowest BCUT2D eigenvalue weighted by molar-refractivity contribution is 0.102. The Balaban J connectivity index is 2.24. The highest BCUT2D eigenvalue weighted by atomic mass is 79.9. The number of rotatable bonds is 2. The first kappa shape index (κ1) is 11.6. The van der Waals surface area contributed by atoms with E-state index in [2.05, 4.69) is 26.2 Å². The average molecular weight is 292 g/mol. The van der Waals surface area contributed by atoms with Gasteiger partial charge in [-0.25, -0.2) is 4.98 Å². The molecule has 0 aliphatic heterocycles. The van der Waals surface area contributed by atoms with Crippen molar-refractivity contribution in [3.63, 3.8) is 0 Å². The Bertz CT molecular complexity index is 557. The Labute approximate surface area is 107 Å². The second kappa shape index (κ2) is 4.97. The van der Waals surface area contributed by atoms with Gasteiger partial charge in [0.05, 0.1) is 11.4 Å². The Hall–Kier alpha value is -1.88. The van der Waals surface area contributed by atoms with E-state index in [9.17, 15) is 4.79 Å². The van der Waals surface area contributed by atoms with Crippen molar-refractivity contribution in [3.8, 4) is 0 Å². The molecule has 86 valence electrons. The van der Waals surface area contributed by atoms with E-state index in [1.807, 2.05) is 6.07 Å². The molecule has 0 aliphatic carbocycles. The number of benzene rings is 1. The van der Waals surface area contributed by atoms with Crippen LogP contribution in [0.1, 0.15) is 10.5 Å². The summed E-state index contributed by atoms with van der Waals surface area (Å²) in [6, 6.07) is 10.6. The largest absolute Gasteiger partial charge is 0.397 e. The normalized spacial score (nSPS) is 9.94. The lowest BCUT2D eigenvalue weighted by Gasteiger charge is -2.07. The molecule has 0 bridgehead atoms. The first-order chi connectivity index (χ1) is 8.18. The van der Waals surface area contributed by atoms with Gasteiger partial charge in [0.1, 0.15) is 5.69 Å². The van der Waals surface area contributed by atoms with Crippen molar-refractivity contribution in [1.29, 1.82) is 0 Å². The molecule has 1 aromatic heterocycles. The summed E-state index contributed by atoms with van der Waals surface area (Å²) in [6.45, 7) is 0. The molecule has 1 amide bonds. The second-order valence-electron chi connectivity index (χ2n) is 3.38. The van der Waals surface area contributed by atoms with Crippen molar-refractivity contribution < 1.29 is 4.79 Å². The minimum Gasteiger partial charge on any atom is -0.397 e. The number of nitrogens with two attached hydrogens (primary N) is 1. The summed E-state index contributed by atoms with van der Waals surface area (Å²) in [5.74, 6) is -0.296. The molecule has 3 N–H and O–H groups in total. The highest BCUT2D eigenvalue weighted by Gasteiger charge is 2.11. The quantitative estimate of drug-likeness (QED) is 0.836. The van der Waals surface area contributed by atoms with Crippen molar-refractivity contribution >= 4 is 33.2 Å². The van der Waals surface area contributed by atoms with Crippen LogP contribution < -0.4 is 11.1 Å². The zero-order valence-corrected chi connectivity index (χ0v) is 10.4. The van der Waals surface area contributed by atoms with Gasteiger partial charge in [-0.1, -0.05) is 12.1 Å². The van der Waals surface area contributed by atoms with Crippen molar-refractivity contribution in [3.05, 3.63) is 52.8 Å². The van der Waals surface area contributed by atoms with Crippen LogP contribution in [0, 0.1) is 0 Å². The van der Waals surface area contributed by atoms with Gasteiger partial charge in [-0.3, -0.25) is 4.79 Å². The van der Waals surface area contributed by atoms with E-state index in [-0.39, 0.29) is 5.91 Å². The smallest absolute Gasteiger partial charge is 0.275 e. The van der Waals surface area contributed by atoms with Crippen LogP contribution in [0.25, 0.3) is 0 Å². The van der Waals surface area contributed by atoms with Crippen molar-refractivity contribution in [1.82, 2.24) is 4.98 Å². The molecular weight excluding hydrogens is 282 g/mol. The number of nitrogen functional groups attached to an aromatic ring is 1. The van der Waals surface area contributed by atoms with Gasteiger partial charge in [0.25, 0.3) is 5.91 Å². The van der Waals surface area contributed by atoms with Gasteiger partial charge in [-0.15, -0.1) is 0 Å². The standard InChI is InChI=1S/C12H10BrN3O/c13-8-4-3-7-15-11(8)12(17)16-10-6-2-1-5-9(10)14/h1-7H,14H2,(H,16,17). The third-order valence-corrected chi connectivity index (χ3v) is 2.82. The molecule has 0 fully saturated rings. The molecule has 0 saturated carbocycles. The minimum atomic E-state index is -0.296. The molecule has 0 atom stereocenters. The summed E-state index contributed by atoms with van der Waals surface area (Å²) in [6.07, 6.45) is 1.56. The van der Waals surface area contributed by atoms with Crippen LogP contribution in [0.5, 0.6) is 0 Å². The molecule has 5 heteroatoms. The zero-order chi connectivity index (χ0) is 12.3. The molecule has 2 aromatic rings. The summed E-state index contributed by atoms with van der Waals surface area (Å²) in [5, 5.41) is 2.71. The van der Waals surface area contributed by atoms with Crippen LogP contribution in [0.3, 0.4) is 0 Å². The number of carbonyl (C=O) groups is 1. The zero-order valence-electron chi connectivity index (χ0n) is 8.85. The maximum absolute atomic E-state index is 11.9. The Kier molecular flexibility index (Phi) is 3.39. The highest BCUT2D eigenvalue weighted by molar-refractivity contribution is 9.10. The highest BCUT2D eigenvalue weighted by Crippen LogP contribution is 2.19. The lowest BCUT2D eigenvalue weighted by Crippen LogP contribution is -2.15. The molecule has 0 radical (unpaired) electrons. The third kappa shape index (κ3) is 2.62. The fourth-order valence-electron chi connectivity index (χ4n) is 1.35. The topological polar surface area (TPSA) is 68.0 Å². The number of nitrogens with one attached hydrogen (secondary N) is 1. The van der Waals surface area contributed by atoms with Crippen LogP contribution in [-0.4, -0.2) is 10.9 Å². The molecule has 0 saturated heterocycles. The predicted molar refractivity (Wildman–Crippen MR) is 70.7 cm³/mol. The molecule has 1 heterocycles. The Morgan fingerprint density at radius 1 is 1.24 bits per heavy atom. The van der Waals surface area contributed by atoms with Crippen LogP contribution >= 0.6 is 15.9 Å². The van der Waals surface area contributed by atoms with Crippen LogP contribution in [0.4, 0.5) is 11.4 Å². The van der Waals surface area contributed by atoms with Gasteiger partial charge >= 0.3 is 0 Å². The number of halogens is 1. The second-order valence-corrected chi connectivity index (χ2v) is 4.23.